The zero-order valence-corrected chi connectivity index (χ0v) is 10.6. The minimum absolute atomic E-state index is 0.0972. The van der Waals surface area contributed by atoms with Gasteiger partial charge in [0.2, 0.25) is 0 Å². The van der Waals surface area contributed by atoms with Gasteiger partial charge in [-0.05, 0) is 37.1 Å². The third kappa shape index (κ3) is 2.42. The molecular formula is C14H16N2O2. The molecule has 0 saturated carbocycles. The normalized spacial score (nSPS) is 10.6. The van der Waals surface area contributed by atoms with Crippen LogP contribution in [0.4, 0.5) is 0 Å². The topological polar surface area (TPSA) is 55.1 Å². The van der Waals surface area contributed by atoms with Crippen LogP contribution in [0.15, 0.2) is 30.3 Å². The van der Waals surface area contributed by atoms with Crippen molar-refractivity contribution in [1.29, 1.82) is 0 Å². The lowest BCUT2D eigenvalue weighted by atomic mass is 10.2. The molecule has 1 aromatic carbocycles. The van der Waals surface area contributed by atoms with Gasteiger partial charge in [0, 0.05) is 5.69 Å². The number of carbonyl (C=O) groups is 1. The van der Waals surface area contributed by atoms with Crippen molar-refractivity contribution in [2.24, 2.45) is 0 Å². The van der Waals surface area contributed by atoms with Crippen LogP contribution >= 0.6 is 0 Å². The Hall–Kier alpha value is -2.10. The molecule has 0 bridgehead atoms. The Morgan fingerprint density at radius 3 is 2.78 bits per heavy atom. The maximum atomic E-state index is 11.0. The van der Waals surface area contributed by atoms with Gasteiger partial charge in [-0.3, -0.25) is 0 Å². The fourth-order valence-corrected chi connectivity index (χ4v) is 1.94. The van der Waals surface area contributed by atoms with Gasteiger partial charge in [0.1, 0.15) is 0 Å². The standard InChI is InChI=1S/C14H16N2O2/c1-3-5-11-9-13(14(17)18)15-16(11)12-7-4-6-10(2)8-12/h4,6-9H,3,5H2,1-2H3,(H,17,18). The van der Waals surface area contributed by atoms with Crippen molar-refractivity contribution in [2.75, 3.05) is 0 Å². The third-order valence-electron chi connectivity index (χ3n) is 2.75. The Labute approximate surface area is 106 Å². The first-order valence-corrected chi connectivity index (χ1v) is 6.01. The molecular weight excluding hydrogens is 228 g/mol. The number of benzene rings is 1. The van der Waals surface area contributed by atoms with E-state index in [4.69, 9.17) is 5.11 Å². The van der Waals surface area contributed by atoms with E-state index in [1.54, 1.807) is 10.7 Å². The second kappa shape index (κ2) is 5.04. The van der Waals surface area contributed by atoms with Crippen molar-refractivity contribution < 1.29 is 9.90 Å². The van der Waals surface area contributed by atoms with Crippen LogP contribution in [0, 0.1) is 6.92 Å². The van der Waals surface area contributed by atoms with Gasteiger partial charge in [-0.25, -0.2) is 9.48 Å². The molecule has 0 aliphatic rings. The molecule has 0 saturated heterocycles. The van der Waals surface area contributed by atoms with Gasteiger partial charge in [0.05, 0.1) is 5.69 Å². The molecule has 18 heavy (non-hydrogen) atoms. The molecule has 94 valence electrons. The van der Waals surface area contributed by atoms with E-state index in [0.29, 0.717) is 0 Å². The predicted octanol–water partition coefficient (Wildman–Crippen LogP) is 2.83. The summed E-state index contributed by atoms with van der Waals surface area (Å²) in [5.74, 6) is -0.987. The highest BCUT2D eigenvalue weighted by molar-refractivity contribution is 5.85. The molecule has 4 heteroatoms. The van der Waals surface area contributed by atoms with Crippen molar-refractivity contribution in [2.45, 2.75) is 26.7 Å². The number of rotatable bonds is 4. The van der Waals surface area contributed by atoms with Crippen LogP contribution in [0.25, 0.3) is 5.69 Å². The number of aryl methyl sites for hydroxylation is 2. The van der Waals surface area contributed by atoms with Gasteiger partial charge in [-0.15, -0.1) is 0 Å². The molecule has 0 fully saturated rings. The number of hydrogen-bond acceptors (Lipinski definition) is 2. The molecule has 1 N–H and O–H groups in total. The molecule has 2 rings (SSSR count). The van der Waals surface area contributed by atoms with Gasteiger partial charge in [0.25, 0.3) is 0 Å². The van der Waals surface area contributed by atoms with Crippen LogP contribution in [-0.4, -0.2) is 20.9 Å². The van der Waals surface area contributed by atoms with Crippen molar-refractivity contribution in [3.8, 4) is 5.69 Å². The molecule has 1 heterocycles. The summed E-state index contributed by atoms with van der Waals surface area (Å²) in [6.45, 7) is 4.07. The second-order valence-electron chi connectivity index (χ2n) is 4.33. The summed E-state index contributed by atoms with van der Waals surface area (Å²) in [5, 5.41) is 13.2. The van der Waals surface area contributed by atoms with Gasteiger partial charge in [0.15, 0.2) is 5.69 Å². The summed E-state index contributed by atoms with van der Waals surface area (Å²) >= 11 is 0. The summed E-state index contributed by atoms with van der Waals surface area (Å²) in [5.41, 5.74) is 3.06. The number of carboxylic acids is 1. The van der Waals surface area contributed by atoms with Crippen LogP contribution in [0.3, 0.4) is 0 Å². The van der Waals surface area contributed by atoms with Crippen LogP contribution in [-0.2, 0) is 6.42 Å². The van der Waals surface area contributed by atoms with E-state index >= 15 is 0 Å². The number of hydrogen-bond donors (Lipinski definition) is 1. The predicted molar refractivity (Wildman–Crippen MR) is 69.3 cm³/mol. The van der Waals surface area contributed by atoms with Gasteiger partial charge in [-0.2, -0.15) is 5.10 Å². The molecule has 0 aliphatic carbocycles. The Morgan fingerprint density at radius 1 is 1.39 bits per heavy atom. The monoisotopic (exact) mass is 244 g/mol. The molecule has 4 nitrogen and oxygen atoms in total. The zero-order valence-electron chi connectivity index (χ0n) is 10.6. The van der Waals surface area contributed by atoms with Gasteiger partial charge < -0.3 is 5.11 Å². The quantitative estimate of drug-likeness (QED) is 0.899. The number of aromatic carboxylic acids is 1. The fraction of sp³-hybridized carbons (Fsp3) is 0.286. The number of nitrogens with zero attached hydrogens (tertiary/aromatic N) is 2. The van der Waals surface area contributed by atoms with E-state index < -0.39 is 5.97 Å². The molecule has 0 aliphatic heterocycles. The van der Waals surface area contributed by atoms with Crippen LogP contribution in [0.1, 0.15) is 35.1 Å². The van der Waals surface area contributed by atoms with Gasteiger partial charge in [-0.1, -0.05) is 25.5 Å². The molecule has 1 aromatic heterocycles. The van der Waals surface area contributed by atoms with Crippen molar-refractivity contribution in [3.05, 3.63) is 47.3 Å². The molecule has 0 spiro atoms. The van der Waals surface area contributed by atoms with Gasteiger partial charge >= 0.3 is 5.97 Å². The smallest absolute Gasteiger partial charge is 0.356 e. The molecule has 0 radical (unpaired) electrons. The average Bonchev–Trinajstić information content (AvgIpc) is 2.74. The van der Waals surface area contributed by atoms with E-state index in [1.807, 2.05) is 31.2 Å². The molecule has 2 aromatic rings. The fourth-order valence-electron chi connectivity index (χ4n) is 1.94. The molecule has 0 unspecified atom stereocenters. The number of carboxylic acid groups (broad SMARTS) is 1. The Bertz CT molecular complexity index is 573. The Balaban J connectivity index is 2.51. The van der Waals surface area contributed by atoms with E-state index in [2.05, 4.69) is 12.0 Å². The summed E-state index contributed by atoms with van der Waals surface area (Å²) in [6, 6.07) is 9.53. The van der Waals surface area contributed by atoms with Crippen molar-refractivity contribution >= 4 is 5.97 Å². The number of aromatic nitrogens is 2. The van der Waals surface area contributed by atoms with Crippen molar-refractivity contribution in [1.82, 2.24) is 9.78 Å². The summed E-state index contributed by atoms with van der Waals surface area (Å²) in [6.07, 6.45) is 1.77. The molecule has 0 atom stereocenters. The summed E-state index contributed by atoms with van der Waals surface area (Å²) in [4.78, 5) is 11.0. The minimum Gasteiger partial charge on any atom is -0.476 e. The van der Waals surface area contributed by atoms with Crippen LogP contribution in [0.5, 0.6) is 0 Å². The van der Waals surface area contributed by atoms with E-state index in [1.165, 1.54) is 0 Å². The second-order valence-corrected chi connectivity index (χ2v) is 4.33. The summed E-state index contributed by atoms with van der Waals surface area (Å²) < 4.78 is 1.72. The third-order valence-corrected chi connectivity index (χ3v) is 2.75. The lowest BCUT2D eigenvalue weighted by Crippen LogP contribution is -2.04. The average molecular weight is 244 g/mol. The summed E-state index contributed by atoms with van der Waals surface area (Å²) in [7, 11) is 0. The minimum atomic E-state index is -0.987. The lowest BCUT2D eigenvalue weighted by Gasteiger charge is -2.07. The highest BCUT2D eigenvalue weighted by Crippen LogP contribution is 2.15. The maximum Gasteiger partial charge on any atom is 0.356 e. The Morgan fingerprint density at radius 2 is 2.17 bits per heavy atom. The lowest BCUT2D eigenvalue weighted by molar-refractivity contribution is 0.0690. The van der Waals surface area contributed by atoms with Crippen molar-refractivity contribution in [3.63, 3.8) is 0 Å². The first-order valence-electron chi connectivity index (χ1n) is 6.01. The SMILES string of the molecule is CCCc1cc(C(=O)O)nn1-c1cccc(C)c1. The van der Waals surface area contributed by atoms with Crippen LogP contribution < -0.4 is 0 Å². The highest BCUT2D eigenvalue weighted by Gasteiger charge is 2.13. The molecule has 0 amide bonds. The largest absolute Gasteiger partial charge is 0.476 e. The maximum absolute atomic E-state index is 11.0. The first-order chi connectivity index (χ1) is 8.61. The van der Waals surface area contributed by atoms with Crippen LogP contribution in [0.2, 0.25) is 0 Å². The first kappa shape index (κ1) is 12.4. The van der Waals surface area contributed by atoms with E-state index in [0.717, 1.165) is 29.8 Å². The zero-order chi connectivity index (χ0) is 13.1. The van der Waals surface area contributed by atoms with E-state index in [-0.39, 0.29) is 5.69 Å². The van der Waals surface area contributed by atoms with E-state index in [9.17, 15) is 4.79 Å². The Kier molecular flexibility index (Phi) is 3.46. The highest BCUT2D eigenvalue weighted by atomic mass is 16.4.